The highest BCUT2D eigenvalue weighted by atomic mass is 32.1. The molecule has 0 atom stereocenters. The molecule has 29 heavy (non-hydrogen) atoms. The number of amides is 2. The van der Waals surface area contributed by atoms with E-state index >= 15 is 0 Å². The van der Waals surface area contributed by atoms with Gasteiger partial charge in [0.25, 0.3) is 5.91 Å². The Balaban J connectivity index is 1.41. The predicted octanol–water partition coefficient (Wildman–Crippen LogP) is 3.72. The highest BCUT2D eigenvalue weighted by Crippen LogP contribution is 2.33. The number of aromatic nitrogens is 1. The molecule has 7 nitrogen and oxygen atoms in total. The third-order valence-corrected chi connectivity index (χ3v) is 5.02. The summed E-state index contributed by atoms with van der Waals surface area (Å²) in [6.45, 7) is 2.56. The summed E-state index contributed by atoms with van der Waals surface area (Å²) in [5, 5.41) is 8.00. The number of thiazole rings is 1. The summed E-state index contributed by atoms with van der Waals surface area (Å²) in [5.74, 6) is 1.09. The molecule has 1 aliphatic heterocycles. The van der Waals surface area contributed by atoms with E-state index < -0.39 is 0 Å². The minimum absolute atomic E-state index is 0.0214. The van der Waals surface area contributed by atoms with Crippen LogP contribution in [0.2, 0.25) is 0 Å². The van der Waals surface area contributed by atoms with Crippen LogP contribution in [0, 0.1) is 0 Å². The van der Waals surface area contributed by atoms with Crippen molar-refractivity contribution in [3.63, 3.8) is 0 Å². The monoisotopic (exact) mass is 409 g/mol. The molecule has 0 spiro atoms. The van der Waals surface area contributed by atoms with Gasteiger partial charge in [0.05, 0.1) is 24.4 Å². The standard InChI is InChI=1S/C21H19N3O4S/c1-2-27-15-6-3-13(4-7-15)9-19(25)24-21-23-17(12-29-21)14-5-8-18-16(10-14)22-20(26)11-28-18/h3-8,10,12H,2,9,11H2,1H3,(H,22,26)(H,23,24,25). The molecule has 4 rings (SSSR count). The molecule has 148 valence electrons. The number of hydrogen-bond acceptors (Lipinski definition) is 6. The van der Waals surface area contributed by atoms with Gasteiger partial charge in [0.2, 0.25) is 5.91 Å². The summed E-state index contributed by atoms with van der Waals surface area (Å²) in [7, 11) is 0. The minimum atomic E-state index is -0.185. The molecule has 0 saturated carbocycles. The Hall–Kier alpha value is -3.39. The van der Waals surface area contributed by atoms with Crippen molar-refractivity contribution in [1.82, 2.24) is 4.98 Å². The van der Waals surface area contributed by atoms with Gasteiger partial charge in [-0.1, -0.05) is 12.1 Å². The molecular weight excluding hydrogens is 390 g/mol. The van der Waals surface area contributed by atoms with Crippen LogP contribution in [-0.2, 0) is 16.0 Å². The van der Waals surface area contributed by atoms with E-state index in [0.29, 0.717) is 28.9 Å². The quantitative estimate of drug-likeness (QED) is 0.648. The van der Waals surface area contributed by atoms with Crippen LogP contribution in [0.4, 0.5) is 10.8 Å². The number of carbonyl (C=O) groups excluding carboxylic acids is 2. The van der Waals surface area contributed by atoms with Gasteiger partial charge in [-0.25, -0.2) is 4.98 Å². The molecule has 0 unspecified atom stereocenters. The zero-order chi connectivity index (χ0) is 20.2. The number of fused-ring (bicyclic) bond motifs is 1. The largest absolute Gasteiger partial charge is 0.494 e. The fraction of sp³-hybridized carbons (Fsp3) is 0.190. The molecule has 0 saturated heterocycles. The maximum absolute atomic E-state index is 12.3. The molecule has 0 aliphatic carbocycles. The summed E-state index contributed by atoms with van der Waals surface area (Å²) < 4.78 is 10.8. The number of rotatable bonds is 6. The van der Waals surface area contributed by atoms with Crippen molar-refractivity contribution in [2.75, 3.05) is 23.8 Å². The zero-order valence-electron chi connectivity index (χ0n) is 15.7. The van der Waals surface area contributed by atoms with Crippen LogP contribution in [0.15, 0.2) is 47.8 Å². The average molecular weight is 409 g/mol. The van der Waals surface area contributed by atoms with E-state index in [4.69, 9.17) is 9.47 Å². The molecule has 1 aliphatic rings. The molecular formula is C21H19N3O4S. The van der Waals surface area contributed by atoms with Gasteiger partial charge < -0.3 is 20.1 Å². The first-order valence-electron chi connectivity index (χ1n) is 9.15. The van der Waals surface area contributed by atoms with Gasteiger partial charge in [0.15, 0.2) is 11.7 Å². The summed E-state index contributed by atoms with van der Waals surface area (Å²) in [5.41, 5.74) is 3.06. The molecule has 0 bridgehead atoms. The lowest BCUT2D eigenvalue weighted by atomic mass is 10.1. The fourth-order valence-corrected chi connectivity index (χ4v) is 3.66. The third kappa shape index (κ3) is 4.55. The second-order valence-corrected chi connectivity index (χ2v) is 7.25. The van der Waals surface area contributed by atoms with Gasteiger partial charge in [-0.2, -0.15) is 0 Å². The first-order valence-corrected chi connectivity index (χ1v) is 10.0. The fourth-order valence-electron chi connectivity index (χ4n) is 2.93. The maximum Gasteiger partial charge on any atom is 0.262 e. The lowest BCUT2D eigenvalue weighted by molar-refractivity contribution is -0.118. The SMILES string of the molecule is CCOc1ccc(CC(=O)Nc2nc(-c3ccc4c(c3)NC(=O)CO4)cs2)cc1. The second kappa shape index (κ2) is 8.32. The van der Waals surface area contributed by atoms with Crippen molar-refractivity contribution in [2.24, 2.45) is 0 Å². The van der Waals surface area contributed by atoms with Crippen LogP contribution >= 0.6 is 11.3 Å². The van der Waals surface area contributed by atoms with Gasteiger partial charge in [-0.05, 0) is 42.8 Å². The first-order chi connectivity index (χ1) is 14.1. The van der Waals surface area contributed by atoms with Crippen LogP contribution in [0.25, 0.3) is 11.3 Å². The van der Waals surface area contributed by atoms with E-state index in [0.717, 1.165) is 16.9 Å². The second-order valence-electron chi connectivity index (χ2n) is 6.39. The number of nitrogens with zero attached hydrogens (tertiary/aromatic N) is 1. The average Bonchev–Trinajstić information content (AvgIpc) is 3.17. The van der Waals surface area contributed by atoms with Crippen molar-refractivity contribution in [3.05, 3.63) is 53.4 Å². The molecule has 2 N–H and O–H groups in total. The van der Waals surface area contributed by atoms with Gasteiger partial charge in [-0.15, -0.1) is 11.3 Å². The van der Waals surface area contributed by atoms with Crippen molar-refractivity contribution in [3.8, 4) is 22.8 Å². The number of carbonyl (C=O) groups is 2. The van der Waals surface area contributed by atoms with E-state index in [1.54, 1.807) is 6.07 Å². The summed E-state index contributed by atoms with van der Waals surface area (Å²) in [6, 6.07) is 12.9. The Morgan fingerprint density at radius 1 is 1.28 bits per heavy atom. The lowest BCUT2D eigenvalue weighted by Crippen LogP contribution is -2.25. The van der Waals surface area contributed by atoms with Crippen molar-refractivity contribution in [2.45, 2.75) is 13.3 Å². The van der Waals surface area contributed by atoms with Crippen LogP contribution in [0.3, 0.4) is 0 Å². The van der Waals surface area contributed by atoms with Crippen LogP contribution < -0.4 is 20.1 Å². The van der Waals surface area contributed by atoms with E-state index in [-0.39, 0.29) is 24.8 Å². The zero-order valence-corrected chi connectivity index (χ0v) is 16.5. The smallest absolute Gasteiger partial charge is 0.262 e. The Kier molecular flexibility index (Phi) is 5.44. The minimum Gasteiger partial charge on any atom is -0.494 e. The van der Waals surface area contributed by atoms with Crippen molar-refractivity contribution in [1.29, 1.82) is 0 Å². The third-order valence-electron chi connectivity index (χ3n) is 4.26. The maximum atomic E-state index is 12.3. The highest BCUT2D eigenvalue weighted by Gasteiger charge is 2.17. The molecule has 8 heteroatoms. The highest BCUT2D eigenvalue weighted by molar-refractivity contribution is 7.14. The summed E-state index contributed by atoms with van der Waals surface area (Å²) in [4.78, 5) is 28.3. The number of ether oxygens (including phenoxy) is 2. The van der Waals surface area contributed by atoms with Crippen molar-refractivity contribution >= 4 is 34.0 Å². The number of anilines is 2. The first kappa shape index (κ1) is 18.9. The van der Waals surface area contributed by atoms with Crippen molar-refractivity contribution < 1.29 is 19.1 Å². The van der Waals surface area contributed by atoms with E-state index in [2.05, 4.69) is 15.6 Å². The molecule has 1 aromatic heterocycles. The molecule has 0 fully saturated rings. The van der Waals surface area contributed by atoms with Crippen LogP contribution in [-0.4, -0.2) is 30.0 Å². The van der Waals surface area contributed by atoms with Gasteiger partial charge in [-0.3, -0.25) is 9.59 Å². The van der Waals surface area contributed by atoms with E-state index in [1.807, 2.05) is 48.7 Å². The Bertz CT molecular complexity index is 1050. The Labute approximate surface area is 171 Å². The Morgan fingerprint density at radius 3 is 2.90 bits per heavy atom. The topological polar surface area (TPSA) is 89.5 Å². The number of hydrogen-bond donors (Lipinski definition) is 2. The molecule has 2 heterocycles. The normalized spacial score (nSPS) is 12.5. The van der Waals surface area contributed by atoms with Gasteiger partial charge in [0.1, 0.15) is 11.5 Å². The van der Waals surface area contributed by atoms with Gasteiger partial charge >= 0.3 is 0 Å². The number of nitrogens with one attached hydrogen (secondary N) is 2. The van der Waals surface area contributed by atoms with Crippen LogP contribution in [0.5, 0.6) is 11.5 Å². The molecule has 2 aromatic carbocycles. The van der Waals surface area contributed by atoms with Gasteiger partial charge in [0, 0.05) is 10.9 Å². The predicted molar refractivity (Wildman–Crippen MR) is 112 cm³/mol. The van der Waals surface area contributed by atoms with E-state index in [1.165, 1.54) is 11.3 Å². The Morgan fingerprint density at radius 2 is 2.10 bits per heavy atom. The van der Waals surface area contributed by atoms with Crippen LogP contribution in [0.1, 0.15) is 12.5 Å². The number of benzene rings is 2. The van der Waals surface area contributed by atoms with E-state index in [9.17, 15) is 9.59 Å². The molecule has 3 aromatic rings. The molecule has 0 radical (unpaired) electrons. The lowest BCUT2D eigenvalue weighted by Gasteiger charge is -2.18. The summed E-state index contributed by atoms with van der Waals surface area (Å²) in [6.07, 6.45) is 0.254. The molecule has 2 amide bonds. The summed E-state index contributed by atoms with van der Waals surface area (Å²) >= 11 is 1.35.